The highest BCUT2D eigenvalue weighted by Gasteiger charge is 2.41. The number of carbonyl (C=O) groups is 2. The number of aromatic nitrogens is 1. The van der Waals surface area contributed by atoms with E-state index in [1.165, 1.54) is 30.8 Å². The molecule has 1 fully saturated rings. The van der Waals surface area contributed by atoms with E-state index in [0.29, 0.717) is 30.5 Å². The Morgan fingerprint density at radius 2 is 2.26 bits per heavy atom. The number of nitrogens with one attached hydrogen (secondary N) is 2. The van der Waals surface area contributed by atoms with Crippen LogP contribution in [0.1, 0.15) is 40.2 Å². The van der Waals surface area contributed by atoms with Gasteiger partial charge in [0, 0.05) is 47.9 Å². The summed E-state index contributed by atoms with van der Waals surface area (Å²) < 4.78 is 34.1. The second-order valence-corrected chi connectivity index (χ2v) is 11.3. The molecule has 0 unspecified atom stereocenters. The molecule has 9 nitrogen and oxygen atoms in total. The summed E-state index contributed by atoms with van der Waals surface area (Å²) in [5.41, 5.74) is 6.65. The molecule has 2 amide bonds. The summed E-state index contributed by atoms with van der Waals surface area (Å²) in [6, 6.07) is 4.48. The van der Waals surface area contributed by atoms with Crippen molar-refractivity contribution in [3.8, 4) is 5.88 Å². The normalized spacial score (nSPS) is 19.6. The summed E-state index contributed by atoms with van der Waals surface area (Å²) in [6.45, 7) is 1.71. The number of nitrogens with two attached hydrogens (primary N) is 1. The van der Waals surface area contributed by atoms with Gasteiger partial charge in [0.2, 0.25) is 17.7 Å². The number of alkyl halides is 2. The second-order valence-electron chi connectivity index (χ2n) is 9.24. The van der Waals surface area contributed by atoms with Crippen LogP contribution >= 0.6 is 27.3 Å². The van der Waals surface area contributed by atoms with E-state index >= 15 is 0 Å². The number of halogens is 3. The Hall–Kier alpha value is -3.06. The minimum absolute atomic E-state index is 0.0962. The van der Waals surface area contributed by atoms with Gasteiger partial charge in [-0.1, -0.05) is 0 Å². The van der Waals surface area contributed by atoms with Crippen LogP contribution in [0.3, 0.4) is 0 Å². The Labute approximate surface area is 231 Å². The van der Waals surface area contributed by atoms with Gasteiger partial charge in [0.05, 0.1) is 23.7 Å². The molecule has 0 radical (unpaired) electrons. The van der Waals surface area contributed by atoms with Gasteiger partial charge in [-0.25, -0.2) is 13.8 Å². The number of pyridine rings is 1. The summed E-state index contributed by atoms with van der Waals surface area (Å²) in [6.07, 6.45) is 4.08. The maximum absolute atomic E-state index is 13.8. The highest BCUT2D eigenvalue weighted by Crippen LogP contribution is 2.41. The summed E-state index contributed by atoms with van der Waals surface area (Å²) >= 11 is 4.74. The van der Waals surface area contributed by atoms with Crippen LogP contribution in [0.2, 0.25) is 0 Å². The van der Waals surface area contributed by atoms with Gasteiger partial charge in [0.15, 0.2) is 0 Å². The molecule has 0 spiro atoms. The van der Waals surface area contributed by atoms with E-state index in [1.807, 2.05) is 12.1 Å². The minimum atomic E-state index is -2.75. The number of amides is 2. The first kappa shape index (κ1) is 28.0. The topological polar surface area (TPSA) is 122 Å². The highest BCUT2D eigenvalue weighted by molar-refractivity contribution is 9.10. The van der Waals surface area contributed by atoms with Crippen molar-refractivity contribution in [3.63, 3.8) is 0 Å². The number of hydrogen-bond donors (Lipinski definition) is 3. The Bertz CT molecular complexity index is 1240. The van der Waals surface area contributed by atoms with Crippen molar-refractivity contribution in [1.29, 1.82) is 0 Å². The standard InChI is InChI=1S/C25H29BrF2N6O3S/c1-30-13-17(11-29)32-22(35)19(8-15-4-5-25(27,28)10-15)33-23(36)21-3-2-18(38-21)14-34-6-7-37-24-20(34)9-16(26)12-31-24/h2-3,9,11-13,15,19H,4-8,10,14,29H2,1H3,(H,32,35)(H,33,36)/t15-,19-/m0/s1. The number of ether oxygens (including phenoxy) is 1. The van der Waals surface area contributed by atoms with Crippen molar-refractivity contribution in [1.82, 2.24) is 15.6 Å². The van der Waals surface area contributed by atoms with Gasteiger partial charge >= 0.3 is 0 Å². The summed E-state index contributed by atoms with van der Waals surface area (Å²) in [5.74, 6) is -3.57. The first-order chi connectivity index (χ1) is 18.2. The molecule has 13 heteroatoms. The molecule has 2 atom stereocenters. The van der Waals surface area contributed by atoms with E-state index in [4.69, 9.17) is 10.5 Å². The van der Waals surface area contributed by atoms with Gasteiger partial charge in [-0.05, 0) is 52.9 Å². The number of aliphatic imine (C=N–C) groups is 1. The SMILES string of the molecule is CN=CC(=CN)NC(=O)[C@H](C[C@@H]1CCC(F)(F)C1)NC(=O)c1ccc(CN2CCOc3ncc(Br)cc32)s1. The van der Waals surface area contributed by atoms with Crippen LogP contribution in [0, 0.1) is 5.92 Å². The van der Waals surface area contributed by atoms with Crippen molar-refractivity contribution in [2.75, 3.05) is 25.1 Å². The smallest absolute Gasteiger partial charge is 0.262 e. The molecule has 1 aliphatic carbocycles. The molecule has 1 aliphatic heterocycles. The van der Waals surface area contributed by atoms with E-state index in [0.717, 1.165) is 15.0 Å². The van der Waals surface area contributed by atoms with E-state index in [2.05, 4.69) is 41.4 Å². The van der Waals surface area contributed by atoms with Gasteiger partial charge in [-0.15, -0.1) is 11.3 Å². The van der Waals surface area contributed by atoms with Crippen LogP contribution in [0.5, 0.6) is 5.88 Å². The van der Waals surface area contributed by atoms with Gasteiger partial charge < -0.3 is 26.0 Å². The predicted octanol–water partition coefficient (Wildman–Crippen LogP) is 3.85. The van der Waals surface area contributed by atoms with Crippen LogP contribution in [0.25, 0.3) is 0 Å². The monoisotopic (exact) mass is 610 g/mol. The average molecular weight is 612 g/mol. The third kappa shape index (κ3) is 7.07. The highest BCUT2D eigenvalue weighted by atomic mass is 79.9. The van der Waals surface area contributed by atoms with Crippen molar-refractivity contribution in [3.05, 3.63) is 50.5 Å². The number of carbonyl (C=O) groups excluding carboxylic acids is 2. The molecule has 2 aromatic heterocycles. The number of allylic oxidation sites excluding steroid dienone is 1. The predicted molar refractivity (Wildman–Crippen MR) is 146 cm³/mol. The molecule has 3 heterocycles. The Morgan fingerprint density at radius 3 is 2.97 bits per heavy atom. The fraction of sp³-hybridized carbons (Fsp3) is 0.440. The molecule has 0 saturated heterocycles. The summed E-state index contributed by atoms with van der Waals surface area (Å²) in [4.78, 5) is 37.8. The van der Waals surface area contributed by atoms with Crippen molar-refractivity contribution in [2.24, 2.45) is 16.6 Å². The average Bonchev–Trinajstić information content (AvgIpc) is 3.49. The van der Waals surface area contributed by atoms with E-state index in [9.17, 15) is 18.4 Å². The molecule has 2 aromatic rings. The number of rotatable bonds is 9. The first-order valence-corrected chi connectivity index (χ1v) is 13.7. The molecule has 0 bridgehead atoms. The zero-order chi connectivity index (χ0) is 27.3. The molecule has 4 rings (SSSR count). The number of anilines is 1. The Morgan fingerprint density at radius 1 is 1.45 bits per heavy atom. The second kappa shape index (κ2) is 12.2. The number of hydrogen-bond acceptors (Lipinski definition) is 8. The fourth-order valence-corrected chi connectivity index (χ4v) is 5.83. The summed E-state index contributed by atoms with van der Waals surface area (Å²) in [5, 5.41) is 5.36. The maximum Gasteiger partial charge on any atom is 0.262 e. The number of thiophene rings is 1. The third-order valence-electron chi connectivity index (χ3n) is 6.38. The number of nitrogens with zero attached hydrogens (tertiary/aromatic N) is 3. The van der Waals surface area contributed by atoms with Gasteiger partial charge in [0.1, 0.15) is 18.3 Å². The largest absolute Gasteiger partial charge is 0.474 e. The lowest BCUT2D eigenvalue weighted by atomic mass is 9.97. The first-order valence-electron chi connectivity index (χ1n) is 12.1. The summed E-state index contributed by atoms with van der Waals surface area (Å²) in [7, 11) is 1.52. The van der Waals surface area contributed by atoms with Crippen molar-refractivity contribution >= 4 is 51.0 Å². The molecular weight excluding hydrogens is 582 g/mol. The van der Waals surface area contributed by atoms with E-state index in [-0.39, 0.29) is 37.3 Å². The Balaban J connectivity index is 1.45. The van der Waals surface area contributed by atoms with Crippen molar-refractivity contribution < 1.29 is 23.1 Å². The lowest BCUT2D eigenvalue weighted by Gasteiger charge is -2.30. The lowest BCUT2D eigenvalue weighted by molar-refractivity contribution is -0.122. The quantitative estimate of drug-likeness (QED) is 0.371. The lowest BCUT2D eigenvalue weighted by Crippen LogP contribution is -2.47. The van der Waals surface area contributed by atoms with Gasteiger partial charge in [-0.2, -0.15) is 0 Å². The molecular formula is C25H29BrF2N6O3S. The molecule has 38 heavy (non-hydrogen) atoms. The molecule has 2 aliphatic rings. The van der Waals surface area contributed by atoms with Crippen LogP contribution in [0.4, 0.5) is 14.5 Å². The number of fused-ring (bicyclic) bond motifs is 1. The van der Waals surface area contributed by atoms with Crippen LogP contribution in [0.15, 0.2) is 45.8 Å². The fourth-order valence-electron chi connectivity index (χ4n) is 4.59. The zero-order valence-corrected chi connectivity index (χ0v) is 23.2. The minimum Gasteiger partial charge on any atom is -0.474 e. The van der Waals surface area contributed by atoms with Crippen molar-refractivity contribution in [2.45, 2.75) is 44.2 Å². The van der Waals surface area contributed by atoms with Gasteiger partial charge in [-0.3, -0.25) is 14.6 Å². The molecule has 0 aromatic carbocycles. The van der Waals surface area contributed by atoms with Gasteiger partial charge in [0.25, 0.3) is 5.91 Å². The molecule has 1 saturated carbocycles. The zero-order valence-electron chi connectivity index (χ0n) is 20.8. The maximum atomic E-state index is 13.8. The Kier molecular flexibility index (Phi) is 8.98. The van der Waals surface area contributed by atoms with Crippen LogP contribution < -0.4 is 26.0 Å². The molecule has 4 N–H and O–H groups in total. The van der Waals surface area contributed by atoms with Crippen LogP contribution in [-0.4, -0.2) is 55.2 Å². The third-order valence-corrected chi connectivity index (χ3v) is 7.89. The van der Waals surface area contributed by atoms with E-state index < -0.39 is 23.8 Å². The van der Waals surface area contributed by atoms with E-state index in [1.54, 1.807) is 12.3 Å². The van der Waals surface area contributed by atoms with Crippen LogP contribution in [-0.2, 0) is 11.3 Å². The molecule has 204 valence electrons.